The van der Waals surface area contributed by atoms with E-state index in [1.165, 1.54) is 12.1 Å². The minimum atomic E-state index is -0.292. The lowest BCUT2D eigenvalue weighted by atomic mass is 10.1. The molecule has 1 N–H and O–H groups in total. The number of carbonyl (C=O) groups excluding carboxylic acids is 2. The minimum absolute atomic E-state index is 0.0161. The molecule has 1 aliphatic rings. The van der Waals surface area contributed by atoms with Crippen molar-refractivity contribution >= 4 is 11.8 Å². The van der Waals surface area contributed by atoms with Gasteiger partial charge in [0, 0.05) is 19.5 Å². The highest BCUT2D eigenvalue weighted by molar-refractivity contribution is 5.84. The van der Waals surface area contributed by atoms with Gasteiger partial charge in [-0.05, 0) is 24.1 Å². The molecule has 0 radical (unpaired) electrons. The Balaban J connectivity index is 1.67. The number of hydrogen-bond donors (Lipinski definition) is 1. The van der Waals surface area contributed by atoms with Crippen LogP contribution in [0.1, 0.15) is 12.0 Å². The number of hydrogen-bond acceptors (Lipinski definition) is 3. The molecular weight excluding hydrogens is 275 g/mol. The molecule has 2 amide bonds. The average molecular weight is 294 g/mol. The number of carbonyl (C=O) groups is 2. The number of nitrogens with zero attached hydrogens (tertiary/aromatic N) is 1. The van der Waals surface area contributed by atoms with E-state index >= 15 is 0 Å². The molecule has 0 saturated carbocycles. The highest BCUT2D eigenvalue weighted by atomic mass is 19.1. The summed E-state index contributed by atoms with van der Waals surface area (Å²) in [5.74, 6) is -0.561. The summed E-state index contributed by atoms with van der Waals surface area (Å²) in [4.78, 5) is 25.2. The highest BCUT2D eigenvalue weighted by Gasteiger charge is 2.17. The number of amides is 2. The lowest BCUT2D eigenvalue weighted by Crippen LogP contribution is -2.45. The van der Waals surface area contributed by atoms with Crippen LogP contribution in [0.2, 0.25) is 0 Å². The smallest absolute Gasteiger partial charge is 0.242 e. The van der Waals surface area contributed by atoms with Gasteiger partial charge in [0.15, 0.2) is 0 Å². The van der Waals surface area contributed by atoms with Crippen LogP contribution in [0.4, 0.5) is 4.39 Å². The van der Waals surface area contributed by atoms with Crippen LogP contribution in [0.3, 0.4) is 0 Å². The molecule has 0 atom stereocenters. The fraction of sp³-hybridized carbons (Fsp3) is 0.467. The van der Waals surface area contributed by atoms with Crippen LogP contribution < -0.4 is 5.32 Å². The van der Waals surface area contributed by atoms with Crippen LogP contribution in [0, 0.1) is 5.82 Å². The van der Waals surface area contributed by atoms with Gasteiger partial charge in [0.1, 0.15) is 5.82 Å². The summed E-state index contributed by atoms with van der Waals surface area (Å²) in [5.41, 5.74) is 0.894. The van der Waals surface area contributed by atoms with E-state index in [-0.39, 0.29) is 30.6 Å². The lowest BCUT2D eigenvalue weighted by Gasteiger charge is -2.26. The molecule has 0 aliphatic carbocycles. The molecule has 1 saturated heterocycles. The Hall–Kier alpha value is -1.95. The Kier molecular flexibility index (Phi) is 5.68. The number of aryl methyl sites for hydroxylation is 1. The third-order valence-corrected chi connectivity index (χ3v) is 3.35. The maximum atomic E-state index is 12.7. The van der Waals surface area contributed by atoms with Crippen molar-refractivity contribution in [3.63, 3.8) is 0 Å². The molecule has 0 spiro atoms. The molecule has 1 aliphatic heterocycles. The van der Waals surface area contributed by atoms with E-state index in [1.54, 1.807) is 17.0 Å². The van der Waals surface area contributed by atoms with E-state index < -0.39 is 0 Å². The Labute approximate surface area is 123 Å². The number of ether oxygens (including phenoxy) is 1. The summed E-state index contributed by atoms with van der Waals surface area (Å²) < 4.78 is 17.9. The van der Waals surface area contributed by atoms with Crippen molar-refractivity contribution in [3.05, 3.63) is 35.6 Å². The van der Waals surface area contributed by atoms with Crippen molar-refractivity contribution in [1.29, 1.82) is 0 Å². The first kappa shape index (κ1) is 15.4. The van der Waals surface area contributed by atoms with Crippen LogP contribution in [-0.4, -0.2) is 49.6 Å². The second-order valence-electron chi connectivity index (χ2n) is 4.90. The lowest BCUT2D eigenvalue weighted by molar-refractivity contribution is -0.136. The summed E-state index contributed by atoms with van der Waals surface area (Å²) in [6, 6.07) is 6.05. The molecule has 2 rings (SSSR count). The molecule has 114 valence electrons. The summed E-state index contributed by atoms with van der Waals surface area (Å²) >= 11 is 0. The Morgan fingerprint density at radius 2 is 1.86 bits per heavy atom. The van der Waals surface area contributed by atoms with Crippen LogP contribution in [0.5, 0.6) is 0 Å². The Morgan fingerprint density at radius 3 is 2.52 bits per heavy atom. The van der Waals surface area contributed by atoms with Crippen molar-refractivity contribution in [2.75, 3.05) is 32.8 Å². The van der Waals surface area contributed by atoms with Gasteiger partial charge in [-0.1, -0.05) is 12.1 Å². The molecular formula is C15H19FN2O3. The summed E-state index contributed by atoms with van der Waals surface area (Å²) in [5, 5.41) is 2.62. The van der Waals surface area contributed by atoms with Gasteiger partial charge in [-0.15, -0.1) is 0 Å². The number of rotatable bonds is 5. The third-order valence-electron chi connectivity index (χ3n) is 3.35. The highest BCUT2D eigenvalue weighted by Crippen LogP contribution is 2.05. The van der Waals surface area contributed by atoms with Gasteiger partial charge in [0.25, 0.3) is 0 Å². The van der Waals surface area contributed by atoms with Gasteiger partial charge >= 0.3 is 0 Å². The van der Waals surface area contributed by atoms with Crippen molar-refractivity contribution in [1.82, 2.24) is 10.2 Å². The first-order chi connectivity index (χ1) is 10.1. The number of halogens is 1. The molecule has 0 unspecified atom stereocenters. The third kappa shape index (κ3) is 5.15. The quantitative estimate of drug-likeness (QED) is 0.871. The number of benzene rings is 1. The zero-order valence-corrected chi connectivity index (χ0v) is 11.8. The maximum absolute atomic E-state index is 12.7. The van der Waals surface area contributed by atoms with Gasteiger partial charge in [0.2, 0.25) is 11.8 Å². The molecule has 1 aromatic rings. The fourth-order valence-corrected chi connectivity index (χ4v) is 2.10. The zero-order valence-electron chi connectivity index (χ0n) is 11.8. The van der Waals surface area contributed by atoms with Crippen molar-refractivity contribution < 1.29 is 18.7 Å². The second-order valence-corrected chi connectivity index (χ2v) is 4.90. The Morgan fingerprint density at radius 1 is 1.19 bits per heavy atom. The first-order valence-corrected chi connectivity index (χ1v) is 7.02. The molecule has 0 aromatic heterocycles. The largest absolute Gasteiger partial charge is 0.378 e. The number of nitrogens with one attached hydrogen (secondary N) is 1. The molecule has 1 aromatic carbocycles. The van der Waals surface area contributed by atoms with Crippen LogP contribution in [-0.2, 0) is 20.7 Å². The summed E-state index contributed by atoms with van der Waals surface area (Å²) in [6.45, 7) is 2.26. The fourth-order valence-electron chi connectivity index (χ4n) is 2.10. The molecule has 6 heteroatoms. The maximum Gasteiger partial charge on any atom is 0.242 e. The van der Waals surface area contributed by atoms with E-state index in [4.69, 9.17) is 4.74 Å². The molecule has 0 bridgehead atoms. The first-order valence-electron chi connectivity index (χ1n) is 7.02. The van der Waals surface area contributed by atoms with E-state index in [2.05, 4.69) is 5.32 Å². The van der Waals surface area contributed by atoms with E-state index in [1.807, 2.05) is 0 Å². The molecule has 21 heavy (non-hydrogen) atoms. The van der Waals surface area contributed by atoms with Crippen LogP contribution in [0.25, 0.3) is 0 Å². The summed E-state index contributed by atoms with van der Waals surface area (Å²) in [7, 11) is 0. The van der Waals surface area contributed by atoms with Gasteiger partial charge in [-0.25, -0.2) is 4.39 Å². The molecule has 1 heterocycles. The van der Waals surface area contributed by atoms with E-state index in [9.17, 15) is 14.0 Å². The normalized spacial score (nSPS) is 14.8. The average Bonchev–Trinajstić information content (AvgIpc) is 2.53. The molecule has 5 nitrogen and oxygen atoms in total. The van der Waals surface area contributed by atoms with E-state index in [0.717, 1.165) is 5.56 Å². The summed E-state index contributed by atoms with van der Waals surface area (Å²) in [6.07, 6.45) is 0.805. The van der Waals surface area contributed by atoms with Crippen molar-refractivity contribution in [2.45, 2.75) is 12.8 Å². The van der Waals surface area contributed by atoms with Crippen LogP contribution in [0.15, 0.2) is 24.3 Å². The predicted molar refractivity (Wildman–Crippen MR) is 75.1 cm³/mol. The minimum Gasteiger partial charge on any atom is -0.378 e. The number of morpholine rings is 1. The van der Waals surface area contributed by atoms with Crippen molar-refractivity contribution in [2.24, 2.45) is 0 Å². The predicted octanol–water partition coefficient (Wildman–Crippen LogP) is 0.733. The van der Waals surface area contributed by atoms with Crippen LogP contribution >= 0.6 is 0 Å². The Bertz CT molecular complexity index is 484. The second kappa shape index (κ2) is 7.73. The SMILES string of the molecule is O=C(CCc1ccc(F)cc1)NCC(=O)N1CCOCC1. The van der Waals surface area contributed by atoms with Crippen molar-refractivity contribution in [3.8, 4) is 0 Å². The van der Waals surface area contributed by atoms with Gasteiger partial charge < -0.3 is 15.0 Å². The zero-order chi connectivity index (χ0) is 15.1. The van der Waals surface area contributed by atoms with Gasteiger partial charge in [-0.3, -0.25) is 9.59 Å². The van der Waals surface area contributed by atoms with E-state index in [0.29, 0.717) is 32.7 Å². The topological polar surface area (TPSA) is 58.6 Å². The van der Waals surface area contributed by atoms with Gasteiger partial charge in [-0.2, -0.15) is 0 Å². The molecule has 1 fully saturated rings. The monoisotopic (exact) mass is 294 g/mol. The standard InChI is InChI=1S/C15H19FN2O3/c16-13-4-1-12(2-5-13)3-6-14(19)17-11-15(20)18-7-9-21-10-8-18/h1-2,4-5H,3,6-11H2,(H,17,19). The van der Waals surface area contributed by atoms with Gasteiger partial charge in [0.05, 0.1) is 19.8 Å².